The highest BCUT2D eigenvalue weighted by Crippen LogP contribution is 2.19. The summed E-state index contributed by atoms with van der Waals surface area (Å²) >= 11 is 0. The molecule has 3 rings (SSSR count). The quantitative estimate of drug-likeness (QED) is 0.765. The van der Waals surface area contributed by atoms with E-state index >= 15 is 0 Å². The lowest BCUT2D eigenvalue weighted by atomic mass is 10.3. The average Bonchev–Trinajstić information content (AvgIpc) is 2.90. The molecule has 1 aromatic heterocycles. The Balaban J connectivity index is 1.74. The van der Waals surface area contributed by atoms with E-state index in [4.69, 9.17) is 5.73 Å². The number of aromatic nitrogens is 2. The molecule has 0 atom stereocenters. The third-order valence-corrected chi connectivity index (χ3v) is 3.39. The number of piperazine rings is 1. The third kappa shape index (κ3) is 2.97. The minimum atomic E-state index is -0.165. The lowest BCUT2D eigenvalue weighted by Gasteiger charge is -2.27. The van der Waals surface area contributed by atoms with Gasteiger partial charge in [-0.05, 0) is 12.1 Å². The van der Waals surface area contributed by atoms with Crippen molar-refractivity contribution in [2.75, 3.05) is 37.2 Å². The second-order valence-corrected chi connectivity index (χ2v) is 4.88. The van der Waals surface area contributed by atoms with E-state index in [0.717, 1.165) is 18.8 Å². The molecule has 21 heavy (non-hydrogen) atoms. The van der Waals surface area contributed by atoms with Crippen LogP contribution in [-0.4, -0.2) is 46.9 Å². The van der Waals surface area contributed by atoms with Gasteiger partial charge in [0.2, 0.25) is 0 Å². The number of hydrogen-bond acceptors (Lipinski definition) is 4. The molecule has 0 bridgehead atoms. The molecule has 2 aromatic rings. The Morgan fingerprint density at radius 3 is 2.67 bits per heavy atom. The van der Waals surface area contributed by atoms with Crippen molar-refractivity contribution in [2.45, 2.75) is 0 Å². The highest BCUT2D eigenvalue weighted by Gasteiger charge is 2.18. The minimum absolute atomic E-state index is 0.165. The highest BCUT2D eigenvalue weighted by molar-refractivity contribution is 5.91. The summed E-state index contributed by atoms with van der Waals surface area (Å²) < 4.78 is 1.66. The van der Waals surface area contributed by atoms with Crippen molar-refractivity contribution >= 4 is 17.5 Å². The zero-order valence-electron chi connectivity index (χ0n) is 11.6. The Morgan fingerprint density at radius 2 is 1.95 bits per heavy atom. The monoisotopic (exact) mass is 286 g/mol. The van der Waals surface area contributed by atoms with Gasteiger partial charge >= 0.3 is 6.03 Å². The Bertz CT molecular complexity index is 618. The number of rotatable bonds is 2. The smallest absolute Gasteiger partial charge is 0.323 e. The van der Waals surface area contributed by atoms with Crippen LogP contribution in [0.5, 0.6) is 0 Å². The molecule has 1 saturated heterocycles. The van der Waals surface area contributed by atoms with E-state index in [9.17, 15) is 4.79 Å². The van der Waals surface area contributed by atoms with Gasteiger partial charge in [-0.25, -0.2) is 9.48 Å². The fourth-order valence-corrected chi connectivity index (χ4v) is 2.25. The summed E-state index contributed by atoms with van der Waals surface area (Å²) in [5, 5.41) is 10.3. The zero-order valence-corrected chi connectivity index (χ0v) is 11.6. The molecule has 1 aliphatic rings. The number of nitrogen functional groups attached to an aromatic ring is 1. The highest BCUT2D eigenvalue weighted by atomic mass is 16.2. The SMILES string of the molecule is Nc1cn(-c2ccccc2)nc1NC(=O)N1CCNCC1. The van der Waals surface area contributed by atoms with Crippen molar-refractivity contribution in [3.8, 4) is 5.69 Å². The van der Waals surface area contributed by atoms with E-state index < -0.39 is 0 Å². The Hall–Kier alpha value is -2.54. The molecule has 0 unspecified atom stereocenters. The molecule has 1 aromatic carbocycles. The number of nitrogens with one attached hydrogen (secondary N) is 2. The molecule has 110 valence electrons. The van der Waals surface area contributed by atoms with Gasteiger partial charge in [-0.2, -0.15) is 0 Å². The molecule has 2 amide bonds. The first-order valence-corrected chi connectivity index (χ1v) is 6.91. The van der Waals surface area contributed by atoms with Gasteiger partial charge in [0.25, 0.3) is 0 Å². The fraction of sp³-hybridized carbons (Fsp3) is 0.286. The first-order valence-electron chi connectivity index (χ1n) is 6.91. The van der Waals surface area contributed by atoms with Gasteiger partial charge in [-0.3, -0.25) is 5.32 Å². The number of para-hydroxylation sites is 1. The van der Waals surface area contributed by atoms with Gasteiger partial charge in [-0.1, -0.05) is 18.2 Å². The van der Waals surface area contributed by atoms with Gasteiger partial charge in [0.15, 0.2) is 5.82 Å². The van der Waals surface area contributed by atoms with Crippen molar-refractivity contribution < 1.29 is 4.79 Å². The third-order valence-electron chi connectivity index (χ3n) is 3.39. The Labute approximate surface area is 122 Å². The van der Waals surface area contributed by atoms with Crippen LogP contribution in [0.3, 0.4) is 0 Å². The first-order chi connectivity index (χ1) is 10.2. The molecule has 1 fully saturated rings. The number of carbonyl (C=O) groups excluding carboxylic acids is 1. The minimum Gasteiger partial charge on any atom is -0.394 e. The summed E-state index contributed by atoms with van der Waals surface area (Å²) in [6.45, 7) is 2.99. The van der Waals surface area contributed by atoms with Crippen molar-refractivity contribution in [3.63, 3.8) is 0 Å². The summed E-state index contributed by atoms with van der Waals surface area (Å²) in [4.78, 5) is 13.9. The van der Waals surface area contributed by atoms with Gasteiger partial charge in [-0.15, -0.1) is 5.10 Å². The van der Waals surface area contributed by atoms with Gasteiger partial charge < -0.3 is 16.0 Å². The van der Waals surface area contributed by atoms with Crippen LogP contribution >= 0.6 is 0 Å². The lowest BCUT2D eigenvalue weighted by Crippen LogP contribution is -2.48. The van der Waals surface area contributed by atoms with E-state index in [0.29, 0.717) is 24.6 Å². The molecule has 0 aliphatic carbocycles. The summed E-state index contributed by atoms with van der Waals surface area (Å²) in [6.07, 6.45) is 1.70. The van der Waals surface area contributed by atoms with Gasteiger partial charge in [0.05, 0.1) is 17.6 Å². The van der Waals surface area contributed by atoms with Crippen LogP contribution in [0, 0.1) is 0 Å². The largest absolute Gasteiger partial charge is 0.394 e. The molecule has 2 heterocycles. The standard InChI is InChI=1S/C14H18N6O/c15-12-10-20(11-4-2-1-3-5-11)18-13(12)17-14(21)19-8-6-16-7-9-19/h1-5,10,16H,6-9,15H2,(H,17,18,21). The fourth-order valence-electron chi connectivity index (χ4n) is 2.25. The summed E-state index contributed by atoms with van der Waals surface area (Å²) in [6, 6.07) is 9.46. The second kappa shape index (κ2) is 5.84. The summed E-state index contributed by atoms with van der Waals surface area (Å²) in [5.74, 6) is 0.391. The van der Waals surface area contributed by atoms with Gasteiger partial charge in [0.1, 0.15) is 0 Å². The van der Waals surface area contributed by atoms with Crippen LogP contribution in [-0.2, 0) is 0 Å². The topological polar surface area (TPSA) is 88.2 Å². The number of hydrogen-bond donors (Lipinski definition) is 3. The van der Waals surface area contributed by atoms with E-state index in [2.05, 4.69) is 15.7 Å². The molecule has 0 spiro atoms. The predicted molar refractivity (Wildman–Crippen MR) is 81.4 cm³/mol. The van der Waals surface area contributed by atoms with Crippen molar-refractivity contribution in [1.82, 2.24) is 20.0 Å². The van der Waals surface area contributed by atoms with Crippen LogP contribution in [0.1, 0.15) is 0 Å². The Morgan fingerprint density at radius 1 is 1.24 bits per heavy atom. The molecule has 1 aliphatic heterocycles. The molecular weight excluding hydrogens is 268 g/mol. The predicted octanol–water partition coefficient (Wildman–Crippen LogP) is 0.892. The number of carbonyl (C=O) groups is 1. The maximum Gasteiger partial charge on any atom is 0.323 e. The number of anilines is 2. The normalized spacial score (nSPS) is 15.0. The first kappa shape index (κ1) is 13.4. The second-order valence-electron chi connectivity index (χ2n) is 4.88. The lowest BCUT2D eigenvalue weighted by molar-refractivity contribution is 0.204. The van der Waals surface area contributed by atoms with E-state index in [-0.39, 0.29) is 6.03 Å². The maximum atomic E-state index is 12.1. The van der Waals surface area contributed by atoms with Crippen molar-refractivity contribution in [3.05, 3.63) is 36.5 Å². The number of nitrogens with two attached hydrogens (primary N) is 1. The van der Waals surface area contributed by atoms with Crippen LogP contribution in [0.15, 0.2) is 36.5 Å². The number of amides is 2. The molecule has 0 radical (unpaired) electrons. The van der Waals surface area contributed by atoms with E-state index in [1.165, 1.54) is 0 Å². The van der Waals surface area contributed by atoms with E-state index in [1.54, 1.807) is 15.8 Å². The Kier molecular flexibility index (Phi) is 3.74. The molecule has 7 heteroatoms. The van der Waals surface area contributed by atoms with Gasteiger partial charge in [0, 0.05) is 26.2 Å². The molecule has 0 saturated carbocycles. The molecule has 4 N–H and O–H groups in total. The van der Waals surface area contributed by atoms with Crippen LogP contribution in [0.2, 0.25) is 0 Å². The van der Waals surface area contributed by atoms with Crippen LogP contribution < -0.4 is 16.4 Å². The number of nitrogens with zero attached hydrogens (tertiary/aromatic N) is 3. The molecule has 7 nitrogen and oxygen atoms in total. The number of benzene rings is 1. The van der Waals surface area contributed by atoms with Crippen LogP contribution in [0.4, 0.5) is 16.3 Å². The number of urea groups is 1. The molecular formula is C14H18N6O. The zero-order chi connectivity index (χ0) is 14.7. The van der Waals surface area contributed by atoms with E-state index in [1.807, 2.05) is 30.3 Å². The summed E-state index contributed by atoms with van der Waals surface area (Å²) in [5.41, 5.74) is 7.27. The van der Waals surface area contributed by atoms with Crippen LogP contribution in [0.25, 0.3) is 5.69 Å². The van der Waals surface area contributed by atoms with Crippen molar-refractivity contribution in [2.24, 2.45) is 0 Å². The summed E-state index contributed by atoms with van der Waals surface area (Å²) in [7, 11) is 0. The maximum absolute atomic E-state index is 12.1. The van der Waals surface area contributed by atoms with Crippen molar-refractivity contribution in [1.29, 1.82) is 0 Å². The average molecular weight is 286 g/mol.